The van der Waals surface area contributed by atoms with E-state index in [9.17, 15) is 4.79 Å². The summed E-state index contributed by atoms with van der Waals surface area (Å²) in [7, 11) is 0. The second kappa shape index (κ2) is 6.42. The van der Waals surface area contributed by atoms with E-state index in [0.717, 1.165) is 5.56 Å². The lowest BCUT2D eigenvalue weighted by atomic mass is 10.2. The zero-order valence-corrected chi connectivity index (χ0v) is 13.8. The number of fused-ring (bicyclic) bond motifs is 1. The van der Waals surface area contributed by atoms with Crippen molar-refractivity contribution in [3.63, 3.8) is 0 Å². The standard InChI is InChI=1S/C20H13ClN2O2/c21-15-8-6-14(7-9-15)20-23-17-12-16(10-11-18(17)25-20)22-19(24)13-4-2-1-3-5-13/h1-12H,(H,22,24). The SMILES string of the molecule is O=C(Nc1ccc2oc(-c3ccc(Cl)cc3)nc2c1)c1ccccc1. The number of carbonyl (C=O) groups excluding carboxylic acids is 1. The van der Waals surface area contributed by atoms with Crippen LogP contribution in [0.1, 0.15) is 10.4 Å². The number of aromatic nitrogens is 1. The summed E-state index contributed by atoms with van der Waals surface area (Å²) in [6, 6.07) is 21.7. The Bertz CT molecular complexity index is 1040. The molecule has 25 heavy (non-hydrogen) atoms. The summed E-state index contributed by atoms with van der Waals surface area (Å²) in [6.07, 6.45) is 0. The molecule has 0 atom stereocenters. The summed E-state index contributed by atoms with van der Waals surface area (Å²) < 4.78 is 5.77. The Morgan fingerprint density at radius 3 is 2.48 bits per heavy atom. The lowest BCUT2D eigenvalue weighted by Gasteiger charge is -2.04. The largest absolute Gasteiger partial charge is 0.436 e. The van der Waals surface area contributed by atoms with Crippen LogP contribution in [-0.2, 0) is 0 Å². The fourth-order valence-electron chi connectivity index (χ4n) is 2.51. The molecule has 4 nitrogen and oxygen atoms in total. The highest BCUT2D eigenvalue weighted by Gasteiger charge is 2.10. The monoisotopic (exact) mass is 348 g/mol. The van der Waals surface area contributed by atoms with E-state index in [1.165, 1.54) is 0 Å². The summed E-state index contributed by atoms with van der Waals surface area (Å²) in [6.45, 7) is 0. The molecule has 0 aliphatic heterocycles. The average molecular weight is 349 g/mol. The first-order valence-electron chi connectivity index (χ1n) is 7.72. The molecule has 0 saturated carbocycles. The highest BCUT2D eigenvalue weighted by molar-refractivity contribution is 6.30. The van der Waals surface area contributed by atoms with Crippen LogP contribution in [0.3, 0.4) is 0 Å². The van der Waals surface area contributed by atoms with E-state index in [1.807, 2.05) is 30.3 Å². The molecule has 0 saturated heterocycles. The molecule has 4 aromatic rings. The van der Waals surface area contributed by atoms with Gasteiger partial charge in [0.1, 0.15) is 5.52 Å². The van der Waals surface area contributed by atoms with Crippen LogP contribution in [-0.4, -0.2) is 10.9 Å². The number of anilines is 1. The molecule has 0 aliphatic rings. The molecule has 4 rings (SSSR count). The van der Waals surface area contributed by atoms with E-state index in [0.29, 0.717) is 33.3 Å². The maximum absolute atomic E-state index is 12.2. The number of nitrogens with one attached hydrogen (secondary N) is 1. The lowest BCUT2D eigenvalue weighted by Crippen LogP contribution is -2.11. The highest BCUT2D eigenvalue weighted by atomic mass is 35.5. The van der Waals surface area contributed by atoms with Crippen LogP contribution in [0.5, 0.6) is 0 Å². The van der Waals surface area contributed by atoms with E-state index in [-0.39, 0.29) is 5.91 Å². The van der Waals surface area contributed by atoms with Gasteiger partial charge in [0.05, 0.1) is 0 Å². The van der Waals surface area contributed by atoms with Crippen LogP contribution in [0.4, 0.5) is 5.69 Å². The van der Waals surface area contributed by atoms with Gasteiger partial charge in [0, 0.05) is 21.8 Å². The Hall–Kier alpha value is -3.11. The van der Waals surface area contributed by atoms with E-state index >= 15 is 0 Å². The number of hydrogen-bond donors (Lipinski definition) is 1. The van der Waals surface area contributed by atoms with Crippen molar-refractivity contribution in [2.24, 2.45) is 0 Å². The first kappa shape index (κ1) is 15.4. The molecule has 1 N–H and O–H groups in total. The van der Waals surface area contributed by atoms with Crippen LogP contribution in [0.25, 0.3) is 22.6 Å². The van der Waals surface area contributed by atoms with E-state index in [1.54, 1.807) is 42.5 Å². The molecule has 5 heteroatoms. The second-order valence-corrected chi connectivity index (χ2v) is 5.97. The van der Waals surface area contributed by atoms with E-state index in [4.69, 9.17) is 16.0 Å². The molecule has 0 fully saturated rings. The molecular weight excluding hydrogens is 336 g/mol. The van der Waals surface area contributed by atoms with Gasteiger partial charge < -0.3 is 9.73 Å². The van der Waals surface area contributed by atoms with Gasteiger partial charge in [-0.15, -0.1) is 0 Å². The second-order valence-electron chi connectivity index (χ2n) is 5.53. The van der Waals surface area contributed by atoms with Gasteiger partial charge in [0.25, 0.3) is 5.91 Å². The minimum Gasteiger partial charge on any atom is -0.436 e. The molecule has 1 heterocycles. The zero-order valence-electron chi connectivity index (χ0n) is 13.1. The van der Waals surface area contributed by atoms with Gasteiger partial charge in [0.15, 0.2) is 5.58 Å². The van der Waals surface area contributed by atoms with Crippen LogP contribution >= 0.6 is 11.6 Å². The number of hydrogen-bond acceptors (Lipinski definition) is 3. The Morgan fingerprint density at radius 2 is 1.72 bits per heavy atom. The number of carbonyl (C=O) groups is 1. The maximum atomic E-state index is 12.2. The number of halogens is 1. The Morgan fingerprint density at radius 1 is 0.960 bits per heavy atom. The average Bonchev–Trinajstić information content (AvgIpc) is 3.06. The molecule has 0 unspecified atom stereocenters. The third kappa shape index (κ3) is 3.25. The summed E-state index contributed by atoms with van der Waals surface area (Å²) in [5, 5.41) is 3.53. The fourth-order valence-corrected chi connectivity index (χ4v) is 2.64. The number of benzene rings is 3. The van der Waals surface area contributed by atoms with Crippen molar-refractivity contribution >= 4 is 34.3 Å². The van der Waals surface area contributed by atoms with Crippen LogP contribution in [0.2, 0.25) is 5.02 Å². The fraction of sp³-hybridized carbons (Fsp3) is 0. The van der Waals surface area contributed by atoms with E-state index in [2.05, 4.69) is 10.3 Å². The quantitative estimate of drug-likeness (QED) is 0.539. The summed E-state index contributed by atoms with van der Waals surface area (Å²) in [4.78, 5) is 16.7. The molecule has 0 bridgehead atoms. The van der Waals surface area contributed by atoms with Crippen LogP contribution in [0, 0.1) is 0 Å². The van der Waals surface area contributed by atoms with Crippen molar-refractivity contribution < 1.29 is 9.21 Å². The third-order valence-electron chi connectivity index (χ3n) is 3.77. The third-order valence-corrected chi connectivity index (χ3v) is 4.02. The molecule has 0 spiro atoms. The summed E-state index contributed by atoms with van der Waals surface area (Å²) in [5.74, 6) is 0.347. The molecule has 0 aliphatic carbocycles. The van der Waals surface area contributed by atoms with Gasteiger partial charge in [-0.25, -0.2) is 4.98 Å². The van der Waals surface area contributed by atoms with Crippen molar-refractivity contribution in [2.45, 2.75) is 0 Å². The number of amides is 1. The van der Waals surface area contributed by atoms with Crippen molar-refractivity contribution in [3.05, 3.63) is 83.4 Å². The Balaban J connectivity index is 1.62. The van der Waals surface area contributed by atoms with Gasteiger partial charge in [0.2, 0.25) is 5.89 Å². The van der Waals surface area contributed by atoms with Crippen LogP contribution < -0.4 is 5.32 Å². The minimum absolute atomic E-state index is 0.165. The van der Waals surface area contributed by atoms with Crippen molar-refractivity contribution in [1.82, 2.24) is 4.98 Å². The van der Waals surface area contributed by atoms with Gasteiger partial charge in [-0.1, -0.05) is 29.8 Å². The summed E-state index contributed by atoms with van der Waals surface area (Å²) in [5.41, 5.74) is 3.44. The topological polar surface area (TPSA) is 55.1 Å². The molecule has 1 amide bonds. The van der Waals surface area contributed by atoms with Gasteiger partial charge in [-0.3, -0.25) is 4.79 Å². The van der Waals surface area contributed by atoms with Crippen molar-refractivity contribution in [2.75, 3.05) is 5.32 Å². The molecule has 3 aromatic carbocycles. The molecular formula is C20H13ClN2O2. The highest BCUT2D eigenvalue weighted by Crippen LogP contribution is 2.27. The first-order valence-corrected chi connectivity index (χ1v) is 8.10. The predicted octanol–water partition coefficient (Wildman–Crippen LogP) is 5.40. The lowest BCUT2D eigenvalue weighted by molar-refractivity contribution is 0.102. The number of rotatable bonds is 3. The first-order chi connectivity index (χ1) is 12.2. The van der Waals surface area contributed by atoms with Gasteiger partial charge in [-0.05, 0) is 54.6 Å². The number of nitrogens with zero attached hydrogens (tertiary/aromatic N) is 1. The Kier molecular flexibility index (Phi) is 3.96. The van der Waals surface area contributed by atoms with Crippen LogP contribution in [0.15, 0.2) is 77.2 Å². The molecule has 1 aromatic heterocycles. The maximum Gasteiger partial charge on any atom is 0.255 e. The zero-order chi connectivity index (χ0) is 17.2. The number of oxazole rings is 1. The predicted molar refractivity (Wildman–Crippen MR) is 98.9 cm³/mol. The Labute approximate surface area is 149 Å². The summed E-state index contributed by atoms with van der Waals surface area (Å²) >= 11 is 5.91. The van der Waals surface area contributed by atoms with E-state index < -0.39 is 0 Å². The van der Waals surface area contributed by atoms with Gasteiger partial charge >= 0.3 is 0 Å². The molecule has 122 valence electrons. The van der Waals surface area contributed by atoms with Gasteiger partial charge in [-0.2, -0.15) is 0 Å². The smallest absolute Gasteiger partial charge is 0.255 e. The minimum atomic E-state index is -0.165. The molecule has 0 radical (unpaired) electrons. The van der Waals surface area contributed by atoms with Crippen molar-refractivity contribution in [3.8, 4) is 11.5 Å². The van der Waals surface area contributed by atoms with Crippen molar-refractivity contribution in [1.29, 1.82) is 0 Å². The normalized spacial score (nSPS) is 10.8.